The molecule has 7 aromatic carbocycles. The summed E-state index contributed by atoms with van der Waals surface area (Å²) in [5.74, 6) is 0. The van der Waals surface area contributed by atoms with Gasteiger partial charge in [-0.25, -0.2) is 0 Å². The standard InChI is InChI=1S/C51H52N2Si2/c1-33-18-20-35(21-19-33)52(36-15-13-14-34(2)28-36)49-32-46-50(41-17-12-11-16-40(41)49)42-25-22-37(29-45(42)51(46,3)4)53-47-26-23-38(54(5,6)7)30-43(47)44-31-39(55(8,9)10)24-27-48(44)53/h11-32H,1-10H3. The van der Waals surface area contributed by atoms with Crippen LogP contribution in [0.15, 0.2) is 133 Å². The lowest BCUT2D eigenvalue weighted by Gasteiger charge is -2.30. The highest BCUT2D eigenvalue weighted by molar-refractivity contribution is 6.89. The number of hydrogen-bond acceptors (Lipinski definition) is 1. The van der Waals surface area contributed by atoms with E-state index in [1.165, 1.54) is 93.4 Å². The molecule has 0 radical (unpaired) electrons. The smallest absolute Gasteiger partial charge is 0.0776 e. The van der Waals surface area contributed by atoms with E-state index in [2.05, 4.69) is 210 Å². The quantitative estimate of drug-likeness (QED) is 0.154. The molecule has 1 heterocycles. The Morgan fingerprint density at radius 3 is 1.71 bits per heavy atom. The number of nitrogens with zero attached hydrogens (tertiary/aromatic N) is 2. The number of aromatic nitrogens is 1. The van der Waals surface area contributed by atoms with Crippen molar-refractivity contribution in [2.75, 3.05) is 4.90 Å². The first-order chi connectivity index (χ1) is 26.1. The van der Waals surface area contributed by atoms with Crippen LogP contribution in [0.4, 0.5) is 17.1 Å². The van der Waals surface area contributed by atoms with E-state index in [0.29, 0.717) is 0 Å². The summed E-state index contributed by atoms with van der Waals surface area (Å²) in [6.07, 6.45) is 0. The molecule has 2 nitrogen and oxygen atoms in total. The summed E-state index contributed by atoms with van der Waals surface area (Å²) in [4.78, 5) is 2.46. The van der Waals surface area contributed by atoms with Crippen LogP contribution in [0.1, 0.15) is 36.1 Å². The molecular formula is C51H52N2Si2. The van der Waals surface area contributed by atoms with Gasteiger partial charge >= 0.3 is 0 Å². The van der Waals surface area contributed by atoms with Gasteiger partial charge < -0.3 is 9.47 Å². The zero-order chi connectivity index (χ0) is 38.6. The van der Waals surface area contributed by atoms with E-state index in [0.717, 1.165) is 5.69 Å². The summed E-state index contributed by atoms with van der Waals surface area (Å²) in [5.41, 5.74) is 15.1. The first kappa shape index (κ1) is 35.5. The van der Waals surface area contributed by atoms with Gasteiger partial charge in [0.05, 0.1) is 32.9 Å². The molecule has 1 aliphatic carbocycles. The average Bonchev–Trinajstić information content (AvgIpc) is 3.59. The van der Waals surface area contributed by atoms with Crippen molar-refractivity contribution < 1.29 is 0 Å². The summed E-state index contributed by atoms with van der Waals surface area (Å²) in [6.45, 7) is 23.9. The van der Waals surface area contributed by atoms with Crippen LogP contribution >= 0.6 is 0 Å². The summed E-state index contributed by atoms with van der Waals surface area (Å²) in [7, 11) is -3.03. The third-order valence-corrected chi connectivity index (χ3v) is 16.3. The van der Waals surface area contributed by atoms with Gasteiger partial charge in [-0.2, -0.15) is 0 Å². The lowest BCUT2D eigenvalue weighted by atomic mass is 9.81. The highest BCUT2D eigenvalue weighted by atomic mass is 28.3. The highest BCUT2D eigenvalue weighted by Crippen LogP contribution is 2.55. The molecule has 0 saturated heterocycles. The molecule has 0 atom stereocenters. The Hall–Kier alpha value is -5.17. The molecule has 1 aromatic heterocycles. The van der Waals surface area contributed by atoms with Crippen molar-refractivity contribution in [3.8, 4) is 16.8 Å². The van der Waals surface area contributed by atoms with E-state index in [-0.39, 0.29) is 5.41 Å². The maximum Gasteiger partial charge on any atom is 0.0776 e. The molecule has 0 aliphatic heterocycles. The van der Waals surface area contributed by atoms with Gasteiger partial charge in [-0.3, -0.25) is 0 Å². The van der Waals surface area contributed by atoms with Crippen molar-refractivity contribution in [1.82, 2.24) is 4.57 Å². The fourth-order valence-corrected chi connectivity index (χ4v) is 11.3. The normalized spacial score (nSPS) is 13.8. The van der Waals surface area contributed by atoms with Gasteiger partial charge in [0.2, 0.25) is 0 Å². The molecule has 4 heteroatoms. The van der Waals surface area contributed by atoms with Gasteiger partial charge in [-0.1, -0.05) is 148 Å². The van der Waals surface area contributed by atoms with Gasteiger partial charge in [0.25, 0.3) is 0 Å². The van der Waals surface area contributed by atoms with Gasteiger partial charge in [0, 0.05) is 38.6 Å². The number of hydrogen-bond donors (Lipinski definition) is 0. The molecule has 9 rings (SSSR count). The number of rotatable bonds is 6. The van der Waals surface area contributed by atoms with Crippen molar-refractivity contribution in [3.05, 3.63) is 156 Å². The van der Waals surface area contributed by atoms with Crippen LogP contribution in [-0.2, 0) is 5.41 Å². The number of fused-ring (bicyclic) bond motifs is 8. The van der Waals surface area contributed by atoms with E-state index in [1.54, 1.807) is 0 Å². The van der Waals surface area contributed by atoms with Gasteiger partial charge in [-0.05, 0) is 102 Å². The molecule has 274 valence electrons. The third-order valence-electron chi connectivity index (χ3n) is 12.2. The predicted octanol–water partition coefficient (Wildman–Crippen LogP) is 13.4. The second-order valence-corrected chi connectivity index (χ2v) is 28.7. The predicted molar refractivity (Wildman–Crippen MR) is 246 cm³/mol. The highest BCUT2D eigenvalue weighted by Gasteiger charge is 2.38. The van der Waals surface area contributed by atoms with E-state index >= 15 is 0 Å². The van der Waals surface area contributed by atoms with Gasteiger partial charge in [0.15, 0.2) is 0 Å². The van der Waals surface area contributed by atoms with E-state index in [4.69, 9.17) is 0 Å². The Morgan fingerprint density at radius 1 is 0.491 bits per heavy atom. The third kappa shape index (κ3) is 5.72. The molecule has 0 fully saturated rings. The van der Waals surface area contributed by atoms with Gasteiger partial charge in [-0.15, -0.1) is 0 Å². The van der Waals surface area contributed by atoms with Gasteiger partial charge in [0.1, 0.15) is 0 Å². The zero-order valence-corrected chi connectivity index (χ0v) is 36.1. The first-order valence-corrected chi connectivity index (χ1v) is 26.9. The molecular weight excluding hydrogens is 697 g/mol. The maximum absolute atomic E-state index is 2.53. The Bertz CT molecular complexity index is 2750. The molecule has 1 aliphatic rings. The fourth-order valence-electron chi connectivity index (χ4n) is 9.00. The summed E-state index contributed by atoms with van der Waals surface area (Å²) < 4.78 is 2.53. The minimum absolute atomic E-state index is 0.222. The fraction of sp³-hybridized carbons (Fsp3) is 0.216. The molecule has 0 spiro atoms. The number of benzene rings is 7. The number of aryl methyl sites for hydroxylation is 2. The largest absolute Gasteiger partial charge is 0.310 e. The minimum atomic E-state index is -1.52. The van der Waals surface area contributed by atoms with Crippen molar-refractivity contribution in [3.63, 3.8) is 0 Å². The molecule has 0 bridgehead atoms. The van der Waals surface area contributed by atoms with Crippen LogP contribution in [0, 0.1) is 13.8 Å². The van der Waals surface area contributed by atoms with Crippen LogP contribution < -0.4 is 15.3 Å². The molecule has 8 aromatic rings. The van der Waals surface area contributed by atoms with Crippen LogP contribution in [0.5, 0.6) is 0 Å². The van der Waals surface area contributed by atoms with Crippen LogP contribution in [0.2, 0.25) is 39.3 Å². The minimum Gasteiger partial charge on any atom is -0.310 e. The average molecular weight is 749 g/mol. The maximum atomic E-state index is 2.53. The first-order valence-electron chi connectivity index (χ1n) is 19.9. The Labute approximate surface area is 329 Å². The Balaban J connectivity index is 1.27. The zero-order valence-electron chi connectivity index (χ0n) is 34.1. The second kappa shape index (κ2) is 12.4. The Morgan fingerprint density at radius 2 is 1.11 bits per heavy atom. The van der Waals surface area contributed by atoms with Crippen molar-refractivity contribution in [1.29, 1.82) is 0 Å². The van der Waals surface area contributed by atoms with Crippen LogP contribution in [0.3, 0.4) is 0 Å². The lowest BCUT2D eigenvalue weighted by molar-refractivity contribution is 0.660. The summed E-state index contributed by atoms with van der Waals surface area (Å²) in [6, 6.07) is 51.3. The topological polar surface area (TPSA) is 8.17 Å². The lowest BCUT2D eigenvalue weighted by Crippen LogP contribution is -2.37. The monoisotopic (exact) mass is 748 g/mol. The molecule has 0 saturated carbocycles. The van der Waals surface area contributed by atoms with E-state index in [9.17, 15) is 0 Å². The number of anilines is 3. The summed E-state index contributed by atoms with van der Waals surface area (Å²) >= 11 is 0. The SMILES string of the molecule is Cc1ccc(N(c2cccc(C)c2)c2cc3c(c4ccccc24)-c2ccc(-n4c5ccc([Si](C)(C)C)cc5c5cc([Si](C)(C)C)ccc54)cc2C3(C)C)cc1. The van der Waals surface area contributed by atoms with E-state index in [1.807, 2.05) is 0 Å². The second-order valence-electron chi connectivity index (χ2n) is 18.5. The molecule has 55 heavy (non-hydrogen) atoms. The van der Waals surface area contributed by atoms with Crippen molar-refractivity contribution in [2.45, 2.75) is 72.4 Å². The van der Waals surface area contributed by atoms with Crippen molar-refractivity contribution in [2.24, 2.45) is 0 Å². The molecule has 0 amide bonds. The van der Waals surface area contributed by atoms with E-state index < -0.39 is 16.1 Å². The summed E-state index contributed by atoms with van der Waals surface area (Å²) in [5, 5.41) is 8.33. The van der Waals surface area contributed by atoms with Crippen LogP contribution in [0.25, 0.3) is 49.4 Å². The van der Waals surface area contributed by atoms with Crippen LogP contribution in [-0.4, -0.2) is 20.7 Å². The molecule has 0 N–H and O–H groups in total. The van der Waals surface area contributed by atoms with Crippen molar-refractivity contribution >= 4 is 76.2 Å². The molecule has 0 unspecified atom stereocenters. The Kier molecular flexibility index (Phi) is 8.03.